The van der Waals surface area contributed by atoms with Gasteiger partial charge in [0.2, 0.25) is 0 Å². The van der Waals surface area contributed by atoms with Crippen LogP contribution in [0.2, 0.25) is 0 Å². The molecular formula is C20H17FN4O2S. The molecule has 28 heavy (non-hydrogen) atoms. The maximum atomic E-state index is 14.5. The van der Waals surface area contributed by atoms with Gasteiger partial charge in [-0.2, -0.15) is 0 Å². The van der Waals surface area contributed by atoms with Crippen LogP contribution in [-0.2, 0) is 4.79 Å². The number of hydrogen-bond donors (Lipinski definition) is 3. The first-order valence-electron chi connectivity index (χ1n) is 8.59. The number of halogens is 1. The van der Waals surface area contributed by atoms with Crippen LogP contribution in [0.1, 0.15) is 22.1 Å². The summed E-state index contributed by atoms with van der Waals surface area (Å²) in [5.74, 6) is -0.0854. The summed E-state index contributed by atoms with van der Waals surface area (Å²) in [6.07, 6.45) is 1.69. The number of imidazole rings is 1. The standard InChI is InChI=1S/C20H17FN4O2S/c1-11-9-23-20(24-11)28-19(13-4-2-3-5-14(13)21)18(22)12-6-7-16-15(8-12)25-17(26)10-27-16/h2-9,19,22H,10H2,1H3,(H,23,24)(H,25,26). The minimum Gasteiger partial charge on any atom is -0.482 e. The number of anilines is 1. The third kappa shape index (κ3) is 3.63. The fraction of sp³-hybridized carbons (Fsp3) is 0.150. The highest BCUT2D eigenvalue weighted by Gasteiger charge is 2.26. The van der Waals surface area contributed by atoms with Crippen molar-refractivity contribution in [2.24, 2.45) is 0 Å². The van der Waals surface area contributed by atoms with Crippen molar-refractivity contribution >= 4 is 29.1 Å². The molecule has 1 amide bonds. The molecule has 4 rings (SSSR count). The number of amides is 1. The number of hydrogen-bond acceptors (Lipinski definition) is 5. The Morgan fingerprint density at radius 3 is 2.89 bits per heavy atom. The summed E-state index contributed by atoms with van der Waals surface area (Å²) in [4.78, 5) is 19.0. The second-order valence-corrected chi connectivity index (χ2v) is 7.45. The molecule has 0 saturated carbocycles. The van der Waals surface area contributed by atoms with Gasteiger partial charge in [0.25, 0.3) is 5.91 Å². The number of rotatable bonds is 5. The van der Waals surface area contributed by atoms with Crippen molar-refractivity contribution in [3.8, 4) is 5.75 Å². The highest BCUT2D eigenvalue weighted by atomic mass is 32.2. The third-order valence-corrected chi connectivity index (χ3v) is 5.44. The van der Waals surface area contributed by atoms with Crippen molar-refractivity contribution in [2.75, 3.05) is 11.9 Å². The highest BCUT2D eigenvalue weighted by molar-refractivity contribution is 8.00. The number of benzene rings is 2. The lowest BCUT2D eigenvalue weighted by Crippen LogP contribution is -2.25. The summed E-state index contributed by atoms with van der Waals surface area (Å²) in [5, 5.41) is 11.5. The van der Waals surface area contributed by atoms with E-state index in [1.807, 2.05) is 6.92 Å². The molecular weight excluding hydrogens is 379 g/mol. The number of aromatic nitrogens is 2. The van der Waals surface area contributed by atoms with Crippen molar-refractivity contribution < 1.29 is 13.9 Å². The molecule has 0 saturated heterocycles. The Hall–Kier alpha value is -3.13. The summed E-state index contributed by atoms with van der Waals surface area (Å²) < 4.78 is 19.9. The van der Waals surface area contributed by atoms with Crippen LogP contribution in [0.5, 0.6) is 5.75 Å². The minimum atomic E-state index is -0.620. The number of H-pyrrole nitrogens is 1. The summed E-state index contributed by atoms with van der Waals surface area (Å²) in [5.41, 5.74) is 2.55. The van der Waals surface area contributed by atoms with Gasteiger partial charge < -0.3 is 20.4 Å². The lowest BCUT2D eigenvalue weighted by atomic mass is 10.00. The van der Waals surface area contributed by atoms with Gasteiger partial charge >= 0.3 is 0 Å². The van der Waals surface area contributed by atoms with Crippen molar-refractivity contribution in [3.63, 3.8) is 0 Å². The van der Waals surface area contributed by atoms with Gasteiger partial charge in [0.15, 0.2) is 11.8 Å². The number of carbonyl (C=O) groups excluding carboxylic acids is 1. The Labute approximate surface area is 165 Å². The van der Waals surface area contributed by atoms with Gasteiger partial charge in [-0.3, -0.25) is 4.79 Å². The van der Waals surface area contributed by atoms with E-state index in [9.17, 15) is 9.18 Å². The Balaban J connectivity index is 1.71. The van der Waals surface area contributed by atoms with Crippen LogP contribution in [0.4, 0.5) is 10.1 Å². The highest BCUT2D eigenvalue weighted by Crippen LogP contribution is 2.39. The quantitative estimate of drug-likeness (QED) is 0.447. The number of nitrogens with one attached hydrogen (secondary N) is 3. The molecule has 1 atom stereocenters. The molecule has 0 spiro atoms. The molecule has 142 valence electrons. The van der Waals surface area contributed by atoms with Gasteiger partial charge in [0, 0.05) is 17.5 Å². The average Bonchev–Trinajstić information content (AvgIpc) is 3.10. The molecule has 2 heterocycles. The molecule has 3 N–H and O–H groups in total. The van der Waals surface area contributed by atoms with E-state index < -0.39 is 5.25 Å². The van der Waals surface area contributed by atoms with Crippen LogP contribution in [0.3, 0.4) is 0 Å². The number of fused-ring (bicyclic) bond motifs is 1. The zero-order valence-corrected chi connectivity index (χ0v) is 15.8. The number of ether oxygens (including phenoxy) is 1. The van der Waals surface area contributed by atoms with Crippen LogP contribution in [0.25, 0.3) is 0 Å². The molecule has 0 bridgehead atoms. The summed E-state index contributed by atoms with van der Waals surface area (Å²) in [7, 11) is 0. The third-order valence-electron chi connectivity index (χ3n) is 4.28. The molecule has 8 heteroatoms. The molecule has 0 fully saturated rings. The summed E-state index contributed by atoms with van der Waals surface area (Å²) in [6, 6.07) is 11.5. The fourth-order valence-electron chi connectivity index (χ4n) is 2.93. The largest absolute Gasteiger partial charge is 0.482 e. The smallest absolute Gasteiger partial charge is 0.262 e. The van der Waals surface area contributed by atoms with Crippen molar-refractivity contribution in [3.05, 3.63) is 71.3 Å². The fourth-order valence-corrected chi connectivity index (χ4v) is 4.06. The normalized spacial score (nSPS) is 14.0. The molecule has 1 aliphatic heterocycles. The van der Waals surface area contributed by atoms with Gasteiger partial charge in [0.05, 0.1) is 16.6 Å². The van der Waals surface area contributed by atoms with E-state index in [2.05, 4.69) is 15.3 Å². The lowest BCUT2D eigenvalue weighted by Gasteiger charge is -2.21. The number of aromatic amines is 1. The molecule has 1 aliphatic rings. The maximum Gasteiger partial charge on any atom is 0.262 e. The van der Waals surface area contributed by atoms with Gasteiger partial charge in [0.1, 0.15) is 11.6 Å². The van der Waals surface area contributed by atoms with Crippen LogP contribution in [0, 0.1) is 18.2 Å². The molecule has 1 aromatic heterocycles. The molecule has 3 aromatic rings. The number of carbonyl (C=O) groups is 1. The first kappa shape index (κ1) is 18.2. The lowest BCUT2D eigenvalue weighted by molar-refractivity contribution is -0.118. The summed E-state index contributed by atoms with van der Waals surface area (Å²) in [6.45, 7) is 1.85. The first-order chi connectivity index (χ1) is 13.5. The zero-order valence-electron chi connectivity index (χ0n) is 15.0. The second kappa shape index (κ2) is 7.47. The Kier molecular flexibility index (Phi) is 4.87. The Bertz CT molecular complexity index is 1070. The number of thioether (sulfide) groups is 1. The van der Waals surface area contributed by atoms with Gasteiger partial charge in [-0.25, -0.2) is 9.37 Å². The second-order valence-electron chi connectivity index (χ2n) is 6.35. The number of nitrogens with zero attached hydrogens (tertiary/aromatic N) is 1. The molecule has 1 unspecified atom stereocenters. The van der Waals surface area contributed by atoms with Crippen molar-refractivity contribution in [1.29, 1.82) is 5.41 Å². The average molecular weight is 396 g/mol. The van der Waals surface area contributed by atoms with Crippen LogP contribution in [0.15, 0.2) is 53.8 Å². The summed E-state index contributed by atoms with van der Waals surface area (Å²) >= 11 is 1.27. The van der Waals surface area contributed by atoms with E-state index in [-0.39, 0.29) is 24.0 Å². The van der Waals surface area contributed by atoms with Crippen LogP contribution in [-0.4, -0.2) is 28.2 Å². The maximum absolute atomic E-state index is 14.5. The van der Waals surface area contributed by atoms with E-state index in [1.54, 1.807) is 42.6 Å². The van der Waals surface area contributed by atoms with E-state index in [0.717, 1.165) is 5.69 Å². The topological polar surface area (TPSA) is 90.9 Å². The monoisotopic (exact) mass is 396 g/mol. The van der Waals surface area contributed by atoms with Crippen molar-refractivity contribution in [1.82, 2.24) is 9.97 Å². The van der Waals surface area contributed by atoms with E-state index in [1.165, 1.54) is 17.8 Å². The minimum absolute atomic E-state index is 0.0324. The molecule has 0 aliphatic carbocycles. The van der Waals surface area contributed by atoms with Crippen LogP contribution < -0.4 is 10.1 Å². The molecule has 6 nitrogen and oxygen atoms in total. The molecule has 2 aromatic carbocycles. The predicted octanol–water partition coefficient (Wildman–Crippen LogP) is 4.09. The van der Waals surface area contributed by atoms with E-state index in [0.29, 0.717) is 27.7 Å². The van der Waals surface area contributed by atoms with Gasteiger partial charge in [-0.1, -0.05) is 30.0 Å². The van der Waals surface area contributed by atoms with Gasteiger partial charge in [-0.05, 0) is 36.8 Å². The Morgan fingerprint density at radius 2 is 2.14 bits per heavy atom. The Morgan fingerprint density at radius 1 is 1.32 bits per heavy atom. The van der Waals surface area contributed by atoms with E-state index in [4.69, 9.17) is 10.1 Å². The van der Waals surface area contributed by atoms with Crippen molar-refractivity contribution in [2.45, 2.75) is 17.3 Å². The van der Waals surface area contributed by atoms with Crippen LogP contribution >= 0.6 is 11.8 Å². The molecule has 0 radical (unpaired) electrons. The zero-order chi connectivity index (χ0) is 19.7. The number of aryl methyl sites for hydroxylation is 1. The predicted molar refractivity (Wildman–Crippen MR) is 106 cm³/mol. The van der Waals surface area contributed by atoms with Gasteiger partial charge in [-0.15, -0.1) is 0 Å². The SMILES string of the molecule is Cc1cnc(SC(C(=N)c2ccc3c(c2)NC(=O)CO3)c2ccccc2F)[nH]1. The van der Waals surface area contributed by atoms with E-state index >= 15 is 0 Å². The first-order valence-corrected chi connectivity index (χ1v) is 9.47.